The molecule has 33 heavy (non-hydrogen) atoms. The smallest absolute Gasteiger partial charge is 0.339 e. The molecule has 0 aliphatic heterocycles. The summed E-state index contributed by atoms with van der Waals surface area (Å²) < 4.78 is 35.0. The minimum Gasteiger partial charge on any atom is -0.497 e. The van der Waals surface area contributed by atoms with E-state index in [1.165, 1.54) is 55.7 Å². The molecule has 3 aromatic carbocycles. The number of nitriles is 1. The van der Waals surface area contributed by atoms with Gasteiger partial charge in [0.2, 0.25) is 0 Å². The summed E-state index contributed by atoms with van der Waals surface area (Å²) in [7, 11) is -2.60. The molecule has 1 N–H and O–H groups in total. The van der Waals surface area contributed by atoms with Gasteiger partial charge in [-0.25, -0.2) is 0 Å². The fourth-order valence-electron chi connectivity index (χ4n) is 2.63. The van der Waals surface area contributed by atoms with Gasteiger partial charge in [0.05, 0.1) is 12.1 Å². The second-order valence-corrected chi connectivity index (χ2v) is 8.92. The van der Waals surface area contributed by atoms with Crippen LogP contribution in [-0.4, -0.2) is 21.4 Å². The van der Waals surface area contributed by atoms with Crippen molar-refractivity contribution in [2.75, 3.05) is 12.4 Å². The van der Waals surface area contributed by atoms with E-state index in [0.717, 1.165) is 0 Å². The number of benzene rings is 3. The number of halogens is 2. The Balaban J connectivity index is 1.77. The van der Waals surface area contributed by atoms with E-state index in [1.54, 1.807) is 24.3 Å². The molecular formula is C23H16Cl2N2O5S. The summed E-state index contributed by atoms with van der Waals surface area (Å²) >= 11 is 12.0. The lowest BCUT2D eigenvalue weighted by atomic mass is 10.1. The number of rotatable bonds is 7. The molecule has 0 aromatic heterocycles. The zero-order valence-electron chi connectivity index (χ0n) is 17.1. The highest BCUT2D eigenvalue weighted by molar-refractivity contribution is 7.87. The fourth-order valence-corrected chi connectivity index (χ4v) is 3.98. The molecule has 0 radical (unpaired) electrons. The van der Waals surface area contributed by atoms with Gasteiger partial charge < -0.3 is 14.2 Å². The van der Waals surface area contributed by atoms with Gasteiger partial charge in [-0.15, -0.1) is 0 Å². The highest BCUT2D eigenvalue weighted by Gasteiger charge is 2.18. The van der Waals surface area contributed by atoms with E-state index in [-0.39, 0.29) is 21.2 Å². The molecule has 0 bridgehead atoms. The lowest BCUT2D eigenvalue weighted by Gasteiger charge is -2.09. The molecule has 10 heteroatoms. The number of ether oxygens (including phenoxy) is 1. The molecule has 0 spiro atoms. The molecule has 0 aliphatic carbocycles. The fraction of sp³-hybridized carbons (Fsp3) is 0.0435. The van der Waals surface area contributed by atoms with Crippen molar-refractivity contribution in [1.82, 2.24) is 0 Å². The van der Waals surface area contributed by atoms with Crippen LogP contribution in [0.4, 0.5) is 5.69 Å². The quantitative estimate of drug-likeness (QED) is 0.266. The highest BCUT2D eigenvalue weighted by Crippen LogP contribution is 2.29. The van der Waals surface area contributed by atoms with Gasteiger partial charge in [0.1, 0.15) is 22.3 Å². The molecule has 0 atom stereocenters. The number of methoxy groups -OCH3 is 1. The third-order valence-corrected chi connectivity index (χ3v) is 6.08. The number of carbonyl (C=O) groups is 1. The Hall–Kier alpha value is -3.51. The van der Waals surface area contributed by atoms with Crippen LogP contribution in [0, 0.1) is 11.3 Å². The maximum Gasteiger partial charge on any atom is 0.339 e. The monoisotopic (exact) mass is 502 g/mol. The number of nitrogens with one attached hydrogen (secondary N) is 1. The molecule has 3 rings (SSSR count). The lowest BCUT2D eigenvalue weighted by Crippen LogP contribution is -2.13. The van der Waals surface area contributed by atoms with Crippen molar-refractivity contribution in [3.63, 3.8) is 0 Å². The Kier molecular flexibility index (Phi) is 7.61. The second kappa shape index (κ2) is 10.4. The van der Waals surface area contributed by atoms with Crippen molar-refractivity contribution in [3.05, 3.63) is 87.9 Å². The predicted molar refractivity (Wildman–Crippen MR) is 126 cm³/mol. The van der Waals surface area contributed by atoms with Gasteiger partial charge in [-0.1, -0.05) is 29.3 Å². The first-order valence-electron chi connectivity index (χ1n) is 9.28. The summed E-state index contributed by atoms with van der Waals surface area (Å²) in [5.41, 5.74) is 0.707. The minimum absolute atomic E-state index is 0.0193. The van der Waals surface area contributed by atoms with Gasteiger partial charge in [-0.3, -0.25) is 4.79 Å². The Morgan fingerprint density at radius 2 is 1.70 bits per heavy atom. The Bertz CT molecular complexity index is 1350. The van der Waals surface area contributed by atoms with Crippen molar-refractivity contribution in [3.8, 4) is 17.6 Å². The van der Waals surface area contributed by atoms with Crippen molar-refractivity contribution < 1.29 is 22.1 Å². The van der Waals surface area contributed by atoms with Crippen LogP contribution in [0.2, 0.25) is 10.0 Å². The van der Waals surface area contributed by atoms with E-state index in [9.17, 15) is 18.5 Å². The number of amides is 1. The third kappa shape index (κ3) is 6.26. The SMILES string of the molecule is COc1ccc(NC(=O)/C(C#N)=C/c2ccc(OS(=O)(=O)c3ccc(Cl)cc3)c(Cl)c2)cc1. The van der Waals surface area contributed by atoms with Crippen LogP contribution in [0.3, 0.4) is 0 Å². The van der Waals surface area contributed by atoms with Crippen molar-refractivity contribution >= 4 is 51.0 Å². The lowest BCUT2D eigenvalue weighted by molar-refractivity contribution is -0.112. The summed E-state index contributed by atoms with van der Waals surface area (Å²) in [6.45, 7) is 0. The topological polar surface area (TPSA) is 105 Å². The number of hydrogen-bond donors (Lipinski definition) is 1. The van der Waals surface area contributed by atoms with Crippen LogP contribution in [0.5, 0.6) is 11.5 Å². The Morgan fingerprint density at radius 3 is 2.27 bits per heavy atom. The first-order chi connectivity index (χ1) is 15.7. The number of anilines is 1. The normalized spacial score (nSPS) is 11.4. The van der Waals surface area contributed by atoms with E-state index in [0.29, 0.717) is 22.0 Å². The summed E-state index contributed by atoms with van der Waals surface area (Å²) in [5.74, 6) is -0.103. The number of nitrogens with zero attached hydrogens (tertiary/aromatic N) is 1. The van der Waals surface area contributed by atoms with Crippen LogP contribution in [0.1, 0.15) is 5.56 Å². The zero-order valence-corrected chi connectivity index (χ0v) is 19.4. The van der Waals surface area contributed by atoms with Crippen molar-refractivity contribution in [2.24, 2.45) is 0 Å². The average molecular weight is 503 g/mol. The van der Waals surface area contributed by atoms with Crippen LogP contribution < -0.4 is 14.2 Å². The summed E-state index contributed by atoms with van der Waals surface area (Å²) in [4.78, 5) is 12.4. The second-order valence-electron chi connectivity index (χ2n) is 6.53. The Labute approximate surface area is 200 Å². The minimum atomic E-state index is -4.13. The van der Waals surface area contributed by atoms with Crippen molar-refractivity contribution in [2.45, 2.75) is 4.90 Å². The van der Waals surface area contributed by atoms with Crippen LogP contribution >= 0.6 is 23.2 Å². The maximum absolute atomic E-state index is 12.4. The molecular weight excluding hydrogens is 487 g/mol. The van der Waals surface area contributed by atoms with Gasteiger partial charge in [0.15, 0.2) is 5.75 Å². The standard InChI is InChI=1S/C23H16Cl2N2O5S/c1-31-19-7-5-18(6-8-19)27-23(28)16(14-26)12-15-2-11-22(21(25)13-15)32-33(29,30)20-9-3-17(24)4-10-20/h2-13H,1H3,(H,27,28)/b16-12+. The third-order valence-electron chi connectivity index (χ3n) is 4.28. The van der Waals surface area contributed by atoms with Gasteiger partial charge in [-0.2, -0.15) is 13.7 Å². The number of carbonyl (C=O) groups excluding carboxylic acids is 1. The van der Waals surface area contributed by atoms with Gasteiger partial charge in [-0.05, 0) is 72.3 Å². The molecule has 0 unspecified atom stereocenters. The van der Waals surface area contributed by atoms with E-state index in [4.69, 9.17) is 32.1 Å². The van der Waals surface area contributed by atoms with Crippen LogP contribution in [-0.2, 0) is 14.9 Å². The predicted octanol–water partition coefficient (Wildman–Crippen LogP) is 5.32. The molecule has 7 nitrogen and oxygen atoms in total. The first-order valence-corrected chi connectivity index (χ1v) is 11.4. The maximum atomic E-state index is 12.4. The molecule has 0 aliphatic rings. The largest absolute Gasteiger partial charge is 0.497 e. The molecule has 0 heterocycles. The van der Waals surface area contributed by atoms with E-state index < -0.39 is 16.0 Å². The zero-order chi connectivity index (χ0) is 24.0. The first kappa shape index (κ1) is 24.1. The summed E-state index contributed by atoms with van der Waals surface area (Å²) in [6.07, 6.45) is 1.32. The molecule has 1 amide bonds. The van der Waals surface area contributed by atoms with E-state index in [1.807, 2.05) is 6.07 Å². The molecule has 168 valence electrons. The van der Waals surface area contributed by atoms with Gasteiger partial charge in [0, 0.05) is 10.7 Å². The van der Waals surface area contributed by atoms with E-state index in [2.05, 4.69) is 5.32 Å². The summed E-state index contributed by atoms with van der Waals surface area (Å²) in [6, 6.07) is 18.1. The summed E-state index contributed by atoms with van der Waals surface area (Å²) in [5, 5.41) is 12.4. The van der Waals surface area contributed by atoms with Crippen molar-refractivity contribution in [1.29, 1.82) is 5.26 Å². The highest BCUT2D eigenvalue weighted by atomic mass is 35.5. The van der Waals surface area contributed by atoms with Gasteiger partial charge in [0.25, 0.3) is 5.91 Å². The molecule has 0 saturated heterocycles. The Morgan fingerprint density at radius 1 is 1.03 bits per heavy atom. The van der Waals surface area contributed by atoms with E-state index >= 15 is 0 Å². The molecule has 3 aromatic rings. The van der Waals surface area contributed by atoms with Gasteiger partial charge >= 0.3 is 10.1 Å². The average Bonchev–Trinajstić information content (AvgIpc) is 2.79. The molecule has 0 saturated carbocycles. The van der Waals surface area contributed by atoms with Crippen LogP contribution in [0.25, 0.3) is 6.08 Å². The molecule has 0 fully saturated rings. The van der Waals surface area contributed by atoms with Crippen LogP contribution in [0.15, 0.2) is 77.2 Å². The number of hydrogen-bond acceptors (Lipinski definition) is 6.